The third kappa shape index (κ3) is 8.94. The van der Waals surface area contributed by atoms with Gasteiger partial charge in [-0.05, 0) is 59.2 Å². The Bertz CT molecular complexity index is 669. The minimum absolute atomic E-state index is 0.269. The molecule has 0 fully saturated rings. The van der Waals surface area contributed by atoms with Crippen molar-refractivity contribution in [1.82, 2.24) is 5.32 Å². The highest BCUT2D eigenvalue weighted by Crippen LogP contribution is 2.19. The lowest BCUT2D eigenvalue weighted by Crippen LogP contribution is -2.38. The molecule has 0 spiro atoms. The van der Waals surface area contributed by atoms with Gasteiger partial charge < -0.3 is 24.6 Å². The molecule has 2 N–H and O–H groups in total. The second-order valence-electron chi connectivity index (χ2n) is 7.86. The molecule has 0 bridgehead atoms. The molecule has 27 heavy (non-hydrogen) atoms. The van der Waals surface area contributed by atoms with E-state index >= 15 is 0 Å². The van der Waals surface area contributed by atoms with Crippen LogP contribution in [0.4, 0.5) is 4.79 Å². The smallest absolute Gasteiger partial charge is 0.408 e. The van der Waals surface area contributed by atoms with Crippen LogP contribution in [0.3, 0.4) is 0 Å². The van der Waals surface area contributed by atoms with Gasteiger partial charge in [0, 0.05) is 0 Å². The zero-order valence-electron chi connectivity index (χ0n) is 16.5. The van der Waals surface area contributed by atoms with Gasteiger partial charge in [-0.15, -0.1) is 0 Å². The Morgan fingerprint density at radius 1 is 0.963 bits per heavy atom. The lowest BCUT2D eigenvalue weighted by Gasteiger charge is -2.22. The maximum Gasteiger partial charge on any atom is 0.408 e. The van der Waals surface area contributed by atoms with Gasteiger partial charge in [-0.3, -0.25) is 0 Å². The zero-order valence-corrected chi connectivity index (χ0v) is 16.5. The predicted molar refractivity (Wildman–Crippen MR) is 97.5 cm³/mol. The van der Waals surface area contributed by atoms with Gasteiger partial charge in [-0.25, -0.2) is 14.4 Å². The lowest BCUT2D eigenvalue weighted by molar-refractivity contribution is -0.157. The Kier molecular flexibility index (Phi) is 7.21. The summed E-state index contributed by atoms with van der Waals surface area (Å²) in [4.78, 5) is 34.9. The van der Waals surface area contributed by atoms with Crippen molar-refractivity contribution in [2.45, 2.75) is 58.8 Å². The van der Waals surface area contributed by atoms with Crippen LogP contribution in [0.5, 0.6) is 5.75 Å². The largest absolute Gasteiger partial charge is 0.482 e. The molecule has 0 heterocycles. The van der Waals surface area contributed by atoms with E-state index in [2.05, 4.69) is 5.32 Å². The van der Waals surface area contributed by atoms with E-state index in [1.54, 1.807) is 41.5 Å². The van der Waals surface area contributed by atoms with Crippen LogP contribution in [0.25, 0.3) is 0 Å². The Labute approximate surface area is 158 Å². The second kappa shape index (κ2) is 8.75. The van der Waals surface area contributed by atoms with Crippen molar-refractivity contribution in [3.63, 3.8) is 0 Å². The molecule has 0 saturated heterocycles. The van der Waals surface area contributed by atoms with Gasteiger partial charge in [0.15, 0.2) is 12.6 Å². The summed E-state index contributed by atoms with van der Waals surface area (Å²) in [5.41, 5.74) is -1.02. The number of rotatable bonds is 6. The van der Waals surface area contributed by atoms with E-state index in [1.807, 2.05) is 0 Å². The number of esters is 1. The van der Waals surface area contributed by atoms with Crippen LogP contribution < -0.4 is 10.1 Å². The first-order valence-electron chi connectivity index (χ1n) is 8.44. The molecular weight excluding hydrogens is 354 g/mol. The molecule has 1 aromatic carbocycles. The molecule has 0 aliphatic rings. The maximum absolute atomic E-state index is 11.8. The van der Waals surface area contributed by atoms with E-state index in [0.29, 0.717) is 11.3 Å². The van der Waals surface area contributed by atoms with Crippen molar-refractivity contribution < 1.29 is 33.7 Å². The number of amides is 1. The number of nitrogens with one attached hydrogen (secondary N) is 1. The van der Waals surface area contributed by atoms with Gasteiger partial charge in [0.2, 0.25) is 0 Å². The Balaban J connectivity index is 2.72. The Morgan fingerprint density at radius 2 is 1.48 bits per heavy atom. The van der Waals surface area contributed by atoms with Crippen LogP contribution in [0.2, 0.25) is 0 Å². The quantitative estimate of drug-likeness (QED) is 0.729. The molecular formula is C19H27NO7. The number of carboxylic acids is 1. The fraction of sp³-hybridized carbons (Fsp3) is 0.526. The molecule has 0 radical (unpaired) electrons. The van der Waals surface area contributed by atoms with Gasteiger partial charge >= 0.3 is 18.0 Å². The van der Waals surface area contributed by atoms with E-state index in [1.165, 1.54) is 24.3 Å². The number of carbonyl (C=O) groups excluding carboxylic acids is 2. The summed E-state index contributed by atoms with van der Waals surface area (Å²) in [6.07, 6.45) is -0.833. The van der Waals surface area contributed by atoms with Crippen LogP contribution >= 0.6 is 0 Å². The average molecular weight is 381 g/mol. The summed E-state index contributed by atoms with van der Waals surface area (Å²) >= 11 is 0. The monoisotopic (exact) mass is 381 g/mol. The molecule has 8 nitrogen and oxygen atoms in total. The number of aliphatic carboxylic acids is 1. The van der Waals surface area contributed by atoms with Crippen molar-refractivity contribution in [3.8, 4) is 5.75 Å². The number of ether oxygens (including phenoxy) is 3. The molecule has 1 atom stereocenters. The molecule has 8 heteroatoms. The number of carboxylic acid groups (broad SMARTS) is 1. The van der Waals surface area contributed by atoms with Crippen LogP contribution in [0.1, 0.15) is 53.1 Å². The van der Waals surface area contributed by atoms with Crippen molar-refractivity contribution in [1.29, 1.82) is 0 Å². The minimum atomic E-state index is -1.28. The molecule has 0 unspecified atom stereocenters. The van der Waals surface area contributed by atoms with Crippen LogP contribution in [0, 0.1) is 0 Å². The maximum atomic E-state index is 11.8. The van der Waals surface area contributed by atoms with Crippen LogP contribution in [-0.2, 0) is 19.1 Å². The number of benzene rings is 1. The molecule has 1 aromatic rings. The third-order valence-electron chi connectivity index (χ3n) is 2.90. The molecule has 0 aliphatic carbocycles. The second-order valence-corrected chi connectivity index (χ2v) is 7.86. The fourth-order valence-electron chi connectivity index (χ4n) is 1.98. The standard InChI is InChI=1S/C19H27NO7/c1-18(2,3)26-14(21)11-25-13-9-7-12(8-10-13)15(16(22)23)20-17(24)27-19(4,5)6/h7-10,15H,11H2,1-6H3,(H,20,24)(H,22,23)/t15-/m0/s1. The van der Waals surface area contributed by atoms with Gasteiger partial charge in [0.25, 0.3) is 0 Å². The minimum Gasteiger partial charge on any atom is -0.482 e. The molecule has 0 saturated carbocycles. The summed E-state index contributed by atoms with van der Waals surface area (Å²) in [5.74, 6) is -1.38. The number of carbonyl (C=O) groups is 3. The molecule has 1 rings (SSSR count). The number of alkyl carbamates (subject to hydrolysis) is 1. The highest BCUT2D eigenvalue weighted by atomic mass is 16.6. The Hall–Kier alpha value is -2.77. The van der Waals surface area contributed by atoms with Crippen LogP contribution in [0.15, 0.2) is 24.3 Å². The third-order valence-corrected chi connectivity index (χ3v) is 2.90. The summed E-state index contributed by atoms with van der Waals surface area (Å²) in [7, 11) is 0. The number of hydrogen-bond acceptors (Lipinski definition) is 6. The molecule has 150 valence electrons. The van der Waals surface area contributed by atoms with E-state index in [0.717, 1.165) is 0 Å². The van der Waals surface area contributed by atoms with E-state index in [4.69, 9.17) is 14.2 Å². The summed E-state index contributed by atoms with van der Waals surface area (Å²) in [5, 5.41) is 11.7. The fourth-order valence-corrected chi connectivity index (χ4v) is 1.98. The molecule has 0 aliphatic heterocycles. The molecule has 0 aromatic heterocycles. The first-order chi connectivity index (χ1) is 12.3. The van der Waals surface area contributed by atoms with Crippen molar-refractivity contribution >= 4 is 18.0 Å². The first-order valence-corrected chi connectivity index (χ1v) is 8.44. The summed E-state index contributed by atoms with van der Waals surface area (Å²) in [6, 6.07) is 4.71. The highest BCUT2D eigenvalue weighted by Gasteiger charge is 2.25. The zero-order chi connectivity index (χ0) is 20.8. The van der Waals surface area contributed by atoms with Crippen molar-refractivity contribution in [2.75, 3.05) is 6.61 Å². The highest BCUT2D eigenvalue weighted by molar-refractivity contribution is 5.81. The van der Waals surface area contributed by atoms with E-state index < -0.39 is 35.3 Å². The first kappa shape index (κ1) is 22.3. The SMILES string of the molecule is CC(C)(C)OC(=O)COc1ccc([C@H](NC(=O)OC(C)(C)C)C(=O)O)cc1. The van der Waals surface area contributed by atoms with E-state index in [9.17, 15) is 19.5 Å². The van der Waals surface area contributed by atoms with Crippen molar-refractivity contribution in [2.24, 2.45) is 0 Å². The summed E-state index contributed by atoms with van der Waals surface area (Å²) < 4.78 is 15.5. The van der Waals surface area contributed by atoms with Gasteiger partial charge in [0.1, 0.15) is 17.0 Å². The molecule has 1 amide bonds. The number of hydrogen-bond donors (Lipinski definition) is 2. The van der Waals surface area contributed by atoms with Crippen LogP contribution in [-0.4, -0.2) is 40.9 Å². The predicted octanol–water partition coefficient (Wildman–Crippen LogP) is 3.06. The summed E-state index contributed by atoms with van der Waals surface area (Å²) in [6.45, 7) is 10.0. The van der Waals surface area contributed by atoms with E-state index in [-0.39, 0.29) is 6.61 Å². The van der Waals surface area contributed by atoms with Gasteiger partial charge in [0.05, 0.1) is 0 Å². The normalized spacial score (nSPS) is 12.7. The average Bonchev–Trinajstić information content (AvgIpc) is 2.47. The topological polar surface area (TPSA) is 111 Å². The van der Waals surface area contributed by atoms with Gasteiger partial charge in [-0.2, -0.15) is 0 Å². The Morgan fingerprint density at radius 3 is 1.93 bits per heavy atom. The van der Waals surface area contributed by atoms with Crippen molar-refractivity contribution in [3.05, 3.63) is 29.8 Å². The van der Waals surface area contributed by atoms with Gasteiger partial charge in [-0.1, -0.05) is 12.1 Å². The lowest BCUT2D eigenvalue weighted by atomic mass is 10.1.